The van der Waals surface area contributed by atoms with E-state index in [9.17, 15) is 9.35 Å². The molecule has 208 valence electrons. The summed E-state index contributed by atoms with van der Waals surface area (Å²) in [5.74, 6) is 1.00. The van der Waals surface area contributed by atoms with Crippen LogP contribution in [0.2, 0.25) is 0 Å². The Morgan fingerprint density at radius 2 is 1.80 bits per heavy atom. The van der Waals surface area contributed by atoms with Gasteiger partial charge in [-0.1, -0.05) is 24.3 Å². The molecule has 40 heavy (non-hydrogen) atoms. The summed E-state index contributed by atoms with van der Waals surface area (Å²) in [6, 6.07) is 18.1. The first-order valence-corrected chi connectivity index (χ1v) is 16.1. The van der Waals surface area contributed by atoms with Crippen molar-refractivity contribution in [1.29, 1.82) is 0 Å². The quantitative estimate of drug-likeness (QED) is 0.248. The highest BCUT2D eigenvalue weighted by molar-refractivity contribution is 9.10. The monoisotopic (exact) mass is 619 g/mol. The number of hydrogen-bond donors (Lipinski definition) is 1. The molecule has 1 saturated carbocycles. The molecule has 2 atom stereocenters. The number of pyridine rings is 1. The topological polar surface area (TPSA) is 86.1 Å². The predicted octanol–water partition coefficient (Wildman–Crippen LogP) is 6.21. The molecule has 0 radical (unpaired) electrons. The van der Waals surface area contributed by atoms with Gasteiger partial charge in [-0.15, -0.1) is 0 Å². The Morgan fingerprint density at radius 1 is 1.05 bits per heavy atom. The van der Waals surface area contributed by atoms with Gasteiger partial charge in [0.1, 0.15) is 10.9 Å². The van der Waals surface area contributed by atoms with Crippen molar-refractivity contribution in [3.8, 4) is 0 Å². The number of halogens is 1. The summed E-state index contributed by atoms with van der Waals surface area (Å²) in [6.45, 7) is 2.62. The normalized spacial score (nSPS) is 19.2. The molecule has 6 rings (SSSR count). The molecule has 0 spiro atoms. The highest BCUT2D eigenvalue weighted by Crippen LogP contribution is 2.30. The fourth-order valence-corrected chi connectivity index (χ4v) is 7.95. The highest BCUT2D eigenvalue weighted by atomic mass is 79.9. The van der Waals surface area contributed by atoms with Crippen LogP contribution in [-0.2, 0) is 17.7 Å². The lowest BCUT2D eigenvalue weighted by molar-refractivity contribution is 0.251. The SMILES string of the molecule is CN1CCCC(c2ccc(Nc3ncc4cc(Br)c(=O)n(Cc5ccc([S+]([O-])C6CCCC6)cc5)c4n3)cc2)C1. The maximum Gasteiger partial charge on any atom is 0.266 e. The lowest BCUT2D eigenvalue weighted by atomic mass is 9.91. The van der Waals surface area contributed by atoms with E-state index in [0.29, 0.717) is 28.5 Å². The first kappa shape index (κ1) is 27.4. The summed E-state index contributed by atoms with van der Waals surface area (Å²) >= 11 is 2.44. The highest BCUT2D eigenvalue weighted by Gasteiger charge is 2.28. The maximum atomic E-state index is 13.2. The van der Waals surface area contributed by atoms with E-state index in [0.717, 1.165) is 53.8 Å². The van der Waals surface area contributed by atoms with Gasteiger partial charge < -0.3 is 14.8 Å². The number of likely N-dealkylation sites (N-methyl/N-ethyl adjacent to an activating group) is 1. The number of hydrogen-bond acceptors (Lipinski definition) is 6. The van der Waals surface area contributed by atoms with Crippen molar-refractivity contribution in [3.63, 3.8) is 0 Å². The van der Waals surface area contributed by atoms with Gasteiger partial charge in [-0.05, 0) is 127 Å². The Morgan fingerprint density at radius 3 is 2.52 bits per heavy atom. The zero-order valence-corrected chi connectivity index (χ0v) is 25.1. The van der Waals surface area contributed by atoms with Gasteiger partial charge in [0.05, 0.1) is 11.0 Å². The van der Waals surface area contributed by atoms with Crippen LogP contribution in [0, 0.1) is 0 Å². The van der Waals surface area contributed by atoms with Gasteiger partial charge in [-0.3, -0.25) is 9.36 Å². The second kappa shape index (κ2) is 12.0. The van der Waals surface area contributed by atoms with Gasteiger partial charge in [-0.25, -0.2) is 4.98 Å². The molecule has 0 bridgehead atoms. The molecule has 0 amide bonds. The van der Waals surface area contributed by atoms with E-state index >= 15 is 0 Å². The number of rotatable bonds is 7. The minimum absolute atomic E-state index is 0.155. The largest absolute Gasteiger partial charge is 0.611 e. The third kappa shape index (κ3) is 5.98. The van der Waals surface area contributed by atoms with Crippen molar-refractivity contribution < 1.29 is 4.55 Å². The van der Waals surface area contributed by atoms with E-state index in [1.165, 1.54) is 24.9 Å². The van der Waals surface area contributed by atoms with Crippen LogP contribution in [0.3, 0.4) is 0 Å². The Balaban J connectivity index is 1.23. The van der Waals surface area contributed by atoms with Gasteiger partial charge in [0.15, 0.2) is 4.90 Å². The fraction of sp³-hybridized carbons (Fsp3) is 0.387. The minimum Gasteiger partial charge on any atom is -0.611 e. The van der Waals surface area contributed by atoms with E-state index in [4.69, 9.17) is 4.98 Å². The van der Waals surface area contributed by atoms with Crippen molar-refractivity contribution in [2.24, 2.45) is 0 Å². The first-order chi connectivity index (χ1) is 19.4. The molecule has 3 heterocycles. The molecule has 4 aromatic rings. The lowest BCUT2D eigenvalue weighted by Gasteiger charge is -2.30. The molecule has 2 aromatic heterocycles. The number of benzene rings is 2. The smallest absolute Gasteiger partial charge is 0.266 e. The van der Waals surface area contributed by atoms with Crippen LogP contribution in [0.15, 0.2) is 75.0 Å². The molecular formula is C31H34BrN5O2S. The van der Waals surface area contributed by atoms with E-state index in [1.807, 2.05) is 24.3 Å². The second-order valence-corrected chi connectivity index (χ2v) is 13.6. The molecule has 1 aliphatic carbocycles. The number of aromatic nitrogens is 3. The molecule has 1 saturated heterocycles. The number of piperidine rings is 1. The first-order valence-electron chi connectivity index (χ1n) is 14.1. The van der Waals surface area contributed by atoms with Crippen molar-refractivity contribution in [1.82, 2.24) is 19.4 Å². The molecule has 2 aliphatic rings. The standard InChI is InChI=1S/C31H34BrN5O2S/c1-36-16-4-5-23(20-36)22-10-12-25(13-11-22)34-31-33-18-24-17-28(32)30(38)37(29(24)35-31)19-21-8-14-27(15-9-21)40(39)26-6-2-3-7-26/h8-15,17-18,23,26H,2-7,16,19-20H2,1H3,(H,33,34,35). The van der Waals surface area contributed by atoms with Crippen molar-refractivity contribution in [2.75, 3.05) is 25.5 Å². The molecule has 2 fully saturated rings. The summed E-state index contributed by atoms with van der Waals surface area (Å²) in [6.07, 6.45) is 8.59. The number of fused-ring (bicyclic) bond motifs is 1. The van der Waals surface area contributed by atoms with Gasteiger partial charge in [0, 0.05) is 23.8 Å². The average molecular weight is 621 g/mol. The Kier molecular flexibility index (Phi) is 8.25. The van der Waals surface area contributed by atoms with E-state index in [-0.39, 0.29) is 10.8 Å². The van der Waals surface area contributed by atoms with Crippen LogP contribution in [0.4, 0.5) is 11.6 Å². The summed E-state index contributed by atoms with van der Waals surface area (Å²) in [7, 11) is 2.19. The van der Waals surface area contributed by atoms with Crippen molar-refractivity contribution in [3.05, 3.63) is 86.7 Å². The molecule has 9 heteroatoms. The van der Waals surface area contributed by atoms with Gasteiger partial charge in [-0.2, -0.15) is 4.98 Å². The van der Waals surface area contributed by atoms with Crippen molar-refractivity contribution in [2.45, 2.75) is 61.1 Å². The van der Waals surface area contributed by atoms with Crippen molar-refractivity contribution >= 4 is 49.8 Å². The Bertz CT molecular complexity index is 1540. The Hall–Kier alpha value is -2.72. The van der Waals surface area contributed by atoms with Crippen LogP contribution in [0.25, 0.3) is 11.0 Å². The van der Waals surface area contributed by atoms with E-state index in [1.54, 1.807) is 16.8 Å². The third-order valence-electron chi connectivity index (χ3n) is 8.15. The van der Waals surface area contributed by atoms with Crippen LogP contribution >= 0.6 is 15.9 Å². The van der Waals surface area contributed by atoms with Crippen LogP contribution in [-0.4, -0.2) is 49.4 Å². The average Bonchev–Trinajstić information content (AvgIpc) is 3.51. The zero-order chi connectivity index (χ0) is 27.6. The second-order valence-electron chi connectivity index (χ2n) is 11.1. The van der Waals surface area contributed by atoms with Crippen LogP contribution in [0.5, 0.6) is 0 Å². The molecule has 2 aromatic carbocycles. The van der Waals surface area contributed by atoms with Gasteiger partial charge >= 0.3 is 0 Å². The van der Waals surface area contributed by atoms with E-state index in [2.05, 4.69) is 62.4 Å². The molecule has 2 unspecified atom stereocenters. The minimum atomic E-state index is -0.978. The molecular weight excluding hydrogens is 586 g/mol. The van der Waals surface area contributed by atoms with Crippen LogP contribution in [0.1, 0.15) is 55.6 Å². The Labute approximate surface area is 246 Å². The number of nitrogens with one attached hydrogen (secondary N) is 1. The predicted molar refractivity (Wildman–Crippen MR) is 165 cm³/mol. The summed E-state index contributed by atoms with van der Waals surface area (Å²) in [4.78, 5) is 25.7. The third-order valence-corrected chi connectivity index (χ3v) is 10.5. The molecule has 1 N–H and O–H groups in total. The van der Waals surface area contributed by atoms with Crippen LogP contribution < -0.4 is 10.9 Å². The number of likely N-dealkylation sites (tertiary alicyclic amines) is 1. The fourth-order valence-electron chi connectivity index (χ4n) is 5.94. The number of anilines is 2. The van der Waals surface area contributed by atoms with E-state index < -0.39 is 11.2 Å². The lowest BCUT2D eigenvalue weighted by Crippen LogP contribution is -2.30. The van der Waals surface area contributed by atoms with Gasteiger partial charge in [0.25, 0.3) is 5.56 Å². The summed E-state index contributed by atoms with van der Waals surface area (Å²) in [5, 5.41) is 4.34. The zero-order valence-electron chi connectivity index (χ0n) is 22.7. The molecule has 7 nitrogen and oxygen atoms in total. The summed E-state index contributed by atoms with van der Waals surface area (Å²) in [5.41, 5.74) is 3.62. The summed E-state index contributed by atoms with van der Waals surface area (Å²) < 4.78 is 15.0. The maximum absolute atomic E-state index is 13.2. The molecule has 1 aliphatic heterocycles. The number of nitrogens with zero attached hydrogens (tertiary/aromatic N) is 4. The van der Waals surface area contributed by atoms with Gasteiger partial charge in [0.2, 0.25) is 5.95 Å².